The first-order valence-electron chi connectivity index (χ1n) is 13.1. The highest BCUT2D eigenvalue weighted by atomic mass is 16.6. The highest BCUT2D eigenvalue weighted by Crippen LogP contribution is 2.68. The number of ketones is 1. The fourth-order valence-corrected chi connectivity index (χ4v) is 8.37. The van der Waals surface area contributed by atoms with Crippen LogP contribution < -0.4 is 0 Å². The first-order chi connectivity index (χ1) is 17.4. The zero-order valence-corrected chi connectivity index (χ0v) is 22.4. The van der Waals surface area contributed by atoms with E-state index >= 15 is 0 Å². The average Bonchev–Trinajstić information content (AvgIpc) is 3.36. The normalized spacial score (nSPS) is 38.3. The van der Waals surface area contributed by atoms with Crippen molar-refractivity contribution >= 4 is 23.7 Å². The fraction of sp³-hybridized carbons (Fsp3) is 0.655. The molecule has 200 valence electrons. The average molecular weight is 513 g/mol. The third-order valence-corrected chi connectivity index (χ3v) is 10.1. The number of hydrogen-bond donors (Lipinski definition) is 0. The summed E-state index contributed by atoms with van der Waals surface area (Å²) in [5.41, 5.74) is 0.968. The minimum absolute atomic E-state index is 0.0368. The minimum Gasteiger partial charge on any atom is -0.472 e. The number of cyclic esters (lactones) is 1. The molecular formula is C29H36O8. The lowest BCUT2D eigenvalue weighted by Gasteiger charge is -2.63. The summed E-state index contributed by atoms with van der Waals surface area (Å²) in [5, 5.41) is 0. The van der Waals surface area contributed by atoms with E-state index in [0.29, 0.717) is 6.42 Å². The predicted molar refractivity (Wildman–Crippen MR) is 131 cm³/mol. The number of ether oxygens (including phenoxy) is 3. The van der Waals surface area contributed by atoms with Crippen molar-refractivity contribution < 1.29 is 37.8 Å². The molecule has 0 aromatic carbocycles. The molecular weight excluding hydrogens is 476 g/mol. The summed E-state index contributed by atoms with van der Waals surface area (Å²) in [5.74, 6) is -2.20. The van der Waals surface area contributed by atoms with Gasteiger partial charge in [0.2, 0.25) is 0 Å². The van der Waals surface area contributed by atoms with E-state index in [1.54, 1.807) is 12.5 Å². The van der Waals surface area contributed by atoms with E-state index in [1.807, 2.05) is 26.8 Å². The Bertz CT molecular complexity index is 1180. The Hall–Kier alpha value is -2.90. The minimum atomic E-state index is -0.868. The van der Waals surface area contributed by atoms with Crippen molar-refractivity contribution in [2.45, 2.75) is 78.9 Å². The zero-order chi connectivity index (χ0) is 26.9. The molecule has 0 amide bonds. The van der Waals surface area contributed by atoms with Gasteiger partial charge in [-0.25, -0.2) is 0 Å². The Balaban J connectivity index is 1.69. The number of hydrogen-bond acceptors (Lipinski definition) is 8. The van der Waals surface area contributed by atoms with E-state index in [1.165, 1.54) is 14.0 Å². The molecule has 7 atom stereocenters. The van der Waals surface area contributed by atoms with E-state index in [4.69, 9.17) is 18.6 Å². The first-order valence-corrected chi connectivity index (χ1v) is 13.1. The standard InChI is InChI=1S/C29H36O8/c1-15(30)36-26-18-11-17-19(29(5,24(18)33)21(27(26,2)3)13-22(31)34-6)7-9-28(4)20(17)12-23(32)37-25(28)16-8-10-35-14-16/h8,10,14,18-19,21,25-26H,7,9,11-13H2,1-6H3/t18-,19+,21+,25+,26-,28-,29-/m1/s1. The van der Waals surface area contributed by atoms with Crippen molar-refractivity contribution in [3.8, 4) is 0 Å². The largest absolute Gasteiger partial charge is 0.472 e. The van der Waals surface area contributed by atoms with Crippen LogP contribution in [0.25, 0.3) is 0 Å². The Morgan fingerprint density at radius 2 is 1.89 bits per heavy atom. The van der Waals surface area contributed by atoms with Crippen molar-refractivity contribution in [2.75, 3.05) is 7.11 Å². The summed E-state index contributed by atoms with van der Waals surface area (Å²) in [4.78, 5) is 52.0. The fourth-order valence-electron chi connectivity index (χ4n) is 8.37. The molecule has 8 nitrogen and oxygen atoms in total. The number of fused-ring (bicyclic) bond motifs is 5. The van der Waals surface area contributed by atoms with Crippen molar-refractivity contribution in [3.05, 3.63) is 35.3 Å². The Morgan fingerprint density at radius 3 is 2.51 bits per heavy atom. The summed E-state index contributed by atoms with van der Waals surface area (Å²) in [6.45, 7) is 9.43. The van der Waals surface area contributed by atoms with Crippen molar-refractivity contribution in [3.63, 3.8) is 0 Å². The van der Waals surface area contributed by atoms with Gasteiger partial charge in [0.05, 0.1) is 32.0 Å². The number of rotatable bonds is 4. The molecule has 2 heterocycles. The second kappa shape index (κ2) is 8.57. The van der Waals surface area contributed by atoms with Gasteiger partial charge in [0.1, 0.15) is 18.0 Å². The molecule has 4 aliphatic rings. The van der Waals surface area contributed by atoms with Gasteiger partial charge in [0.25, 0.3) is 0 Å². The Kier molecular flexibility index (Phi) is 5.96. The lowest BCUT2D eigenvalue weighted by atomic mass is 9.40. The van der Waals surface area contributed by atoms with E-state index in [-0.39, 0.29) is 30.5 Å². The molecule has 1 aromatic heterocycles. The highest BCUT2D eigenvalue weighted by Gasteiger charge is 2.68. The van der Waals surface area contributed by atoms with Gasteiger partial charge < -0.3 is 18.6 Å². The maximum absolute atomic E-state index is 14.2. The molecule has 0 unspecified atom stereocenters. The molecule has 1 aliphatic heterocycles. The number of carbonyl (C=O) groups excluding carboxylic acids is 4. The molecule has 5 rings (SSSR count). The van der Waals surface area contributed by atoms with Crippen LogP contribution in [0.3, 0.4) is 0 Å². The summed E-state index contributed by atoms with van der Waals surface area (Å²) in [7, 11) is 1.35. The molecule has 2 bridgehead atoms. The third-order valence-electron chi connectivity index (χ3n) is 10.1. The van der Waals surface area contributed by atoms with Crippen LogP contribution in [0.5, 0.6) is 0 Å². The van der Waals surface area contributed by atoms with Gasteiger partial charge in [-0.3, -0.25) is 19.2 Å². The predicted octanol–water partition coefficient (Wildman–Crippen LogP) is 4.73. The van der Waals surface area contributed by atoms with E-state index in [0.717, 1.165) is 29.6 Å². The van der Waals surface area contributed by atoms with Gasteiger partial charge in [-0.15, -0.1) is 0 Å². The van der Waals surface area contributed by atoms with Crippen molar-refractivity contribution in [1.29, 1.82) is 0 Å². The van der Waals surface area contributed by atoms with Gasteiger partial charge in [0.15, 0.2) is 0 Å². The van der Waals surface area contributed by atoms with Gasteiger partial charge in [-0.1, -0.05) is 33.3 Å². The molecule has 0 N–H and O–H groups in total. The molecule has 8 heteroatoms. The molecule has 0 radical (unpaired) electrons. The van der Waals surface area contributed by atoms with Crippen molar-refractivity contribution in [1.82, 2.24) is 0 Å². The molecule has 37 heavy (non-hydrogen) atoms. The van der Waals surface area contributed by atoms with Crippen LogP contribution in [0, 0.1) is 34.0 Å². The van der Waals surface area contributed by atoms with Gasteiger partial charge in [-0.05, 0) is 42.7 Å². The third kappa shape index (κ3) is 3.62. The van der Waals surface area contributed by atoms with Gasteiger partial charge >= 0.3 is 17.9 Å². The Labute approximate surface area is 217 Å². The van der Waals surface area contributed by atoms with Crippen LogP contribution in [0.2, 0.25) is 0 Å². The lowest BCUT2D eigenvalue weighted by molar-refractivity contribution is -0.197. The highest BCUT2D eigenvalue weighted by molar-refractivity contribution is 5.92. The monoisotopic (exact) mass is 512 g/mol. The number of allylic oxidation sites excluding steroid dienone is 1. The molecule has 1 saturated heterocycles. The topological polar surface area (TPSA) is 109 Å². The number of esters is 3. The maximum atomic E-state index is 14.2. The summed E-state index contributed by atoms with van der Waals surface area (Å²) in [6, 6.07) is 1.83. The second-order valence-corrected chi connectivity index (χ2v) is 12.3. The van der Waals surface area contributed by atoms with Crippen LogP contribution in [0.15, 0.2) is 34.2 Å². The van der Waals surface area contributed by atoms with Crippen LogP contribution in [0.1, 0.15) is 78.4 Å². The van der Waals surface area contributed by atoms with Crippen LogP contribution in [0.4, 0.5) is 0 Å². The SMILES string of the molecule is COC(=O)C[C@H]1C(C)(C)[C@H](OC(C)=O)[C@@H]2CC3=C4CC(=O)O[C@@H](c5ccoc5)[C@]4(C)CC[C@@H]3[C@@]1(C)C2=O. The number of methoxy groups -OCH3 is 1. The van der Waals surface area contributed by atoms with E-state index < -0.39 is 52.2 Å². The van der Waals surface area contributed by atoms with E-state index in [2.05, 4.69) is 6.92 Å². The number of furan rings is 1. The lowest BCUT2D eigenvalue weighted by Crippen LogP contribution is -2.66. The number of Topliss-reactive ketones (excluding diaryl/α,β-unsaturated/α-hetero) is 1. The van der Waals surface area contributed by atoms with E-state index in [9.17, 15) is 19.2 Å². The Morgan fingerprint density at radius 1 is 1.16 bits per heavy atom. The molecule has 0 spiro atoms. The van der Waals surface area contributed by atoms with Crippen molar-refractivity contribution in [2.24, 2.45) is 34.0 Å². The zero-order valence-electron chi connectivity index (χ0n) is 22.4. The smallest absolute Gasteiger partial charge is 0.310 e. The quantitative estimate of drug-likeness (QED) is 0.324. The molecule has 1 aromatic rings. The summed E-state index contributed by atoms with van der Waals surface area (Å²) >= 11 is 0. The molecule has 3 aliphatic carbocycles. The van der Waals surface area contributed by atoms with Crippen LogP contribution in [-0.2, 0) is 33.4 Å². The van der Waals surface area contributed by atoms with Gasteiger partial charge in [-0.2, -0.15) is 0 Å². The van der Waals surface area contributed by atoms with Gasteiger partial charge in [0, 0.05) is 35.2 Å². The number of carbonyl (C=O) groups is 4. The summed E-state index contributed by atoms with van der Waals surface area (Å²) in [6.07, 6.45) is 4.12. The summed E-state index contributed by atoms with van der Waals surface area (Å²) < 4.78 is 22.1. The first kappa shape index (κ1) is 25.7. The molecule has 3 fully saturated rings. The van der Waals surface area contributed by atoms with Crippen LogP contribution in [-0.4, -0.2) is 36.9 Å². The maximum Gasteiger partial charge on any atom is 0.310 e. The molecule has 2 saturated carbocycles. The van der Waals surface area contributed by atoms with Crippen LogP contribution >= 0.6 is 0 Å². The second-order valence-electron chi connectivity index (χ2n) is 12.3.